The summed E-state index contributed by atoms with van der Waals surface area (Å²) in [6, 6.07) is 8.84. The summed E-state index contributed by atoms with van der Waals surface area (Å²) in [5.41, 5.74) is 0.832. The molecule has 3 heteroatoms. The average Bonchev–Trinajstić information content (AvgIpc) is 2.15. The van der Waals surface area contributed by atoms with Crippen LogP contribution < -0.4 is 5.43 Å². The molecule has 2 nitrogen and oxygen atoms in total. The SMILES string of the molecule is Cn1c(Cl)cc(=O)c2ccccc21. The average molecular weight is 194 g/mol. The van der Waals surface area contributed by atoms with Gasteiger partial charge in [0.2, 0.25) is 0 Å². The van der Waals surface area contributed by atoms with Gasteiger partial charge in [0.15, 0.2) is 5.43 Å². The van der Waals surface area contributed by atoms with Crippen LogP contribution in [0.2, 0.25) is 5.15 Å². The molecular weight excluding hydrogens is 186 g/mol. The van der Waals surface area contributed by atoms with Gasteiger partial charge in [-0.25, -0.2) is 0 Å². The second-order valence-electron chi connectivity index (χ2n) is 2.91. The van der Waals surface area contributed by atoms with Gasteiger partial charge in [-0.2, -0.15) is 0 Å². The second-order valence-corrected chi connectivity index (χ2v) is 3.29. The maximum absolute atomic E-state index is 11.5. The lowest BCUT2D eigenvalue weighted by molar-refractivity contribution is 0.951. The van der Waals surface area contributed by atoms with E-state index in [1.54, 1.807) is 10.6 Å². The van der Waals surface area contributed by atoms with E-state index in [0.717, 1.165) is 5.52 Å². The Balaban J connectivity index is 3.06. The number of aromatic nitrogens is 1. The van der Waals surface area contributed by atoms with Gasteiger partial charge in [0, 0.05) is 18.5 Å². The number of nitrogens with zero attached hydrogens (tertiary/aromatic N) is 1. The summed E-state index contributed by atoms with van der Waals surface area (Å²) in [4.78, 5) is 11.5. The molecule has 0 bridgehead atoms. The second kappa shape index (κ2) is 2.89. The van der Waals surface area contributed by atoms with E-state index in [-0.39, 0.29) is 5.43 Å². The molecule has 0 fully saturated rings. The Bertz CT molecular complexity index is 516. The molecule has 0 saturated heterocycles. The zero-order valence-corrected chi connectivity index (χ0v) is 7.88. The Morgan fingerprint density at radius 3 is 2.77 bits per heavy atom. The molecule has 0 saturated carbocycles. The fourth-order valence-electron chi connectivity index (χ4n) is 1.37. The van der Waals surface area contributed by atoms with Crippen molar-refractivity contribution in [2.24, 2.45) is 7.05 Å². The molecule has 0 amide bonds. The van der Waals surface area contributed by atoms with Gasteiger partial charge >= 0.3 is 0 Å². The summed E-state index contributed by atoms with van der Waals surface area (Å²) in [7, 11) is 1.84. The van der Waals surface area contributed by atoms with E-state index in [1.807, 2.05) is 25.2 Å². The summed E-state index contributed by atoms with van der Waals surface area (Å²) in [5.74, 6) is 0. The van der Waals surface area contributed by atoms with Crippen LogP contribution in [0.3, 0.4) is 0 Å². The first-order chi connectivity index (χ1) is 6.20. The van der Waals surface area contributed by atoms with Crippen LogP contribution in [0.5, 0.6) is 0 Å². The highest BCUT2D eigenvalue weighted by molar-refractivity contribution is 6.30. The van der Waals surface area contributed by atoms with Crippen LogP contribution in [0.1, 0.15) is 0 Å². The number of para-hydroxylation sites is 1. The third-order valence-electron chi connectivity index (χ3n) is 2.10. The molecule has 66 valence electrons. The molecule has 1 aromatic heterocycles. The minimum atomic E-state index is -0.0290. The zero-order chi connectivity index (χ0) is 9.42. The van der Waals surface area contributed by atoms with Crippen LogP contribution in [0, 0.1) is 0 Å². The van der Waals surface area contributed by atoms with Gasteiger partial charge in [0.1, 0.15) is 5.15 Å². The summed E-state index contributed by atoms with van der Waals surface area (Å²) in [5, 5.41) is 1.16. The number of aryl methyl sites for hydroxylation is 1. The zero-order valence-electron chi connectivity index (χ0n) is 7.12. The van der Waals surface area contributed by atoms with Crippen molar-refractivity contribution >= 4 is 22.5 Å². The van der Waals surface area contributed by atoms with Gasteiger partial charge in [-0.1, -0.05) is 23.7 Å². The molecule has 1 aromatic carbocycles. The summed E-state index contributed by atoms with van der Waals surface area (Å²) < 4.78 is 1.79. The number of pyridine rings is 1. The van der Waals surface area contributed by atoms with E-state index in [2.05, 4.69) is 0 Å². The Labute approximate surface area is 80.4 Å². The molecule has 0 atom stereocenters. The van der Waals surface area contributed by atoms with E-state index in [1.165, 1.54) is 6.07 Å². The van der Waals surface area contributed by atoms with Crippen LogP contribution >= 0.6 is 11.6 Å². The lowest BCUT2D eigenvalue weighted by Gasteiger charge is -2.05. The van der Waals surface area contributed by atoms with E-state index in [0.29, 0.717) is 10.5 Å². The number of hydrogen-bond acceptors (Lipinski definition) is 1. The lowest BCUT2D eigenvalue weighted by Crippen LogP contribution is -2.06. The molecule has 13 heavy (non-hydrogen) atoms. The standard InChI is InChI=1S/C10H8ClNO/c1-12-8-5-3-2-4-7(8)9(13)6-10(12)11/h2-6H,1H3. The van der Waals surface area contributed by atoms with Crippen LogP contribution in [0.4, 0.5) is 0 Å². The molecule has 0 N–H and O–H groups in total. The molecule has 0 aliphatic heterocycles. The van der Waals surface area contributed by atoms with Crippen LogP contribution in [0.25, 0.3) is 10.9 Å². The summed E-state index contributed by atoms with van der Waals surface area (Å²) in [6.45, 7) is 0. The Kier molecular flexibility index (Phi) is 1.85. The maximum atomic E-state index is 11.5. The van der Waals surface area contributed by atoms with Crippen molar-refractivity contribution in [1.82, 2.24) is 4.57 Å². The molecule has 0 aliphatic carbocycles. The first kappa shape index (κ1) is 8.32. The smallest absolute Gasteiger partial charge is 0.190 e. The fraction of sp³-hybridized carbons (Fsp3) is 0.100. The van der Waals surface area contributed by atoms with Gasteiger partial charge in [0.25, 0.3) is 0 Å². The highest BCUT2D eigenvalue weighted by Crippen LogP contribution is 2.13. The van der Waals surface area contributed by atoms with Crippen molar-refractivity contribution in [3.8, 4) is 0 Å². The lowest BCUT2D eigenvalue weighted by atomic mass is 10.2. The van der Waals surface area contributed by atoms with E-state index in [4.69, 9.17) is 11.6 Å². The van der Waals surface area contributed by atoms with Crippen LogP contribution in [-0.2, 0) is 7.05 Å². The third kappa shape index (κ3) is 1.23. The molecular formula is C10H8ClNO. The quantitative estimate of drug-likeness (QED) is 0.588. The first-order valence-corrected chi connectivity index (χ1v) is 4.32. The van der Waals surface area contributed by atoms with Crippen molar-refractivity contribution in [2.75, 3.05) is 0 Å². The topological polar surface area (TPSA) is 22.0 Å². The van der Waals surface area contributed by atoms with E-state index in [9.17, 15) is 4.79 Å². The van der Waals surface area contributed by atoms with Crippen molar-refractivity contribution in [2.45, 2.75) is 0 Å². The number of benzene rings is 1. The number of rotatable bonds is 0. The molecule has 0 spiro atoms. The van der Waals surface area contributed by atoms with Gasteiger partial charge < -0.3 is 4.57 Å². The van der Waals surface area contributed by atoms with Crippen molar-refractivity contribution in [1.29, 1.82) is 0 Å². The van der Waals surface area contributed by atoms with Gasteiger partial charge in [-0.15, -0.1) is 0 Å². The summed E-state index contributed by atoms with van der Waals surface area (Å²) >= 11 is 5.86. The highest BCUT2D eigenvalue weighted by atomic mass is 35.5. The minimum Gasteiger partial charge on any atom is -0.335 e. The summed E-state index contributed by atoms with van der Waals surface area (Å²) in [6.07, 6.45) is 0. The van der Waals surface area contributed by atoms with Gasteiger partial charge in [-0.3, -0.25) is 4.79 Å². The minimum absolute atomic E-state index is 0.0290. The molecule has 0 aliphatic rings. The molecule has 0 unspecified atom stereocenters. The molecule has 0 radical (unpaired) electrons. The van der Waals surface area contributed by atoms with Gasteiger partial charge in [0.05, 0.1) is 5.52 Å². The third-order valence-corrected chi connectivity index (χ3v) is 2.46. The molecule has 1 heterocycles. The van der Waals surface area contributed by atoms with Crippen molar-refractivity contribution in [3.05, 3.63) is 45.7 Å². The normalized spacial score (nSPS) is 10.6. The number of hydrogen-bond donors (Lipinski definition) is 0. The predicted molar refractivity (Wildman–Crippen MR) is 54.2 cm³/mol. The monoisotopic (exact) mass is 193 g/mol. The van der Waals surface area contributed by atoms with E-state index < -0.39 is 0 Å². The molecule has 2 aromatic rings. The highest BCUT2D eigenvalue weighted by Gasteiger charge is 2.02. The van der Waals surface area contributed by atoms with Crippen molar-refractivity contribution in [3.63, 3.8) is 0 Å². The Morgan fingerprint density at radius 1 is 1.31 bits per heavy atom. The van der Waals surface area contributed by atoms with E-state index >= 15 is 0 Å². The van der Waals surface area contributed by atoms with Gasteiger partial charge in [-0.05, 0) is 12.1 Å². The first-order valence-electron chi connectivity index (χ1n) is 3.94. The predicted octanol–water partition coefficient (Wildman–Crippen LogP) is 2.19. The largest absolute Gasteiger partial charge is 0.335 e. The maximum Gasteiger partial charge on any atom is 0.190 e. The fourth-order valence-corrected chi connectivity index (χ4v) is 1.56. The Morgan fingerprint density at radius 2 is 2.00 bits per heavy atom. The Hall–Kier alpha value is -1.28. The number of halogens is 1. The number of fused-ring (bicyclic) bond motifs is 1. The van der Waals surface area contributed by atoms with Crippen LogP contribution in [-0.4, -0.2) is 4.57 Å². The van der Waals surface area contributed by atoms with Crippen LogP contribution in [0.15, 0.2) is 35.1 Å². The molecule has 2 rings (SSSR count). The van der Waals surface area contributed by atoms with Crippen molar-refractivity contribution < 1.29 is 0 Å².